The highest BCUT2D eigenvalue weighted by atomic mass is 19.1. The lowest BCUT2D eigenvalue weighted by molar-refractivity contribution is -0.114. The fraction of sp³-hybridized carbons (Fsp3) is 0.125. The van der Waals surface area contributed by atoms with Crippen LogP contribution in [0.2, 0.25) is 0 Å². The van der Waals surface area contributed by atoms with Crippen molar-refractivity contribution in [2.24, 2.45) is 0 Å². The lowest BCUT2D eigenvalue weighted by atomic mass is 10.3. The molecule has 0 heterocycles. The zero-order chi connectivity index (χ0) is 8.27. The van der Waals surface area contributed by atoms with E-state index in [4.69, 9.17) is 0 Å². The monoisotopic (exact) mass is 152 g/mol. The Morgan fingerprint density at radius 3 is 2.91 bits per heavy atom. The molecule has 3 heteroatoms. The van der Waals surface area contributed by atoms with Crippen LogP contribution in [-0.4, -0.2) is 5.91 Å². The number of benzene rings is 1. The summed E-state index contributed by atoms with van der Waals surface area (Å²) in [5, 5.41) is 2.41. The minimum atomic E-state index is -0.476. The Kier molecular flexibility index (Phi) is 2.21. The summed E-state index contributed by atoms with van der Waals surface area (Å²) in [6, 6.07) is 6.69. The van der Waals surface area contributed by atoms with Gasteiger partial charge in [-0.25, -0.2) is 4.39 Å². The second kappa shape index (κ2) is 3.14. The van der Waals surface area contributed by atoms with Crippen LogP contribution in [0.15, 0.2) is 18.2 Å². The van der Waals surface area contributed by atoms with Crippen LogP contribution in [0.4, 0.5) is 10.1 Å². The van der Waals surface area contributed by atoms with E-state index in [-0.39, 0.29) is 5.91 Å². The molecule has 0 aliphatic carbocycles. The molecule has 0 bridgehead atoms. The topological polar surface area (TPSA) is 29.1 Å². The van der Waals surface area contributed by atoms with Crippen molar-refractivity contribution in [3.8, 4) is 0 Å². The molecule has 11 heavy (non-hydrogen) atoms. The lowest BCUT2D eigenvalue weighted by Gasteiger charge is -1.98. The fourth-order valence-corrected chi connectivity index (χ4v) is 0.703. The van der Waals surface area contributed by atoms with E-state index in [1.807, 2.05) is 0 Å². The van der Waals surface area contributed by atoms with Crippen LogP contribution in [0.5, 0.6) is 0 Å². The van der Waals surface area contributed by atoms with Gasteiger partial charge in [-0.15, -0.1) is 0 Å². The van der Waals surface area contributed by atoms with Gasteiger partial charge in [0.2, 0.25) is 5.91 Å². The SMILES string of the molecule is CC(=O)Nc1[c]c(F)ccc1. The number of carbonyl (C=O) groups excluding carboxylic acids is 1. The summed E-state index contributed by atoms with van der Waals surface area (Å²) in [5.74, 6) is -0.705. The molecule has 0 aromatic heterocycles. The second-order valence-electron chi connectivity index (χ2n) is 2.09. The molecule has 0 spiro atoms. The molecule has 0 aliphatic heterocycles. The summed E-state index contributed by atoms with van der Waals surface area (Å²) in [4.78, 5) is 10.5. The summed E-state index contributed by atoms with van der Waals surface area (Å²) < 4.78 is 12.4. The third kappa shape index (κ3) is 2.37. The van der Waals surface area contributed by atoms with E-state index in [9.17, 15) is 9.18 Å². The first-order chi connectivity index (χ1) is 5.18. The largest absolute Gasteiger partial charge is 0.326 e. The third-order valence-electron chi connectivity index (χ3n) is 1.07. The summed E-state index contributed by atoms with van der Waals surface area (Å²) in [7, 11) is 0. The smallest absolute Gasteiger partial charge is 0.221 e. The quantitative estimate of drug-likeness (QED) is 0.650. The number of amides is 1. The maximum atomic E-state index is 12.4. The molecule has 1 rings (SSSR count). The van der Waals surface area contributed by atoms with E-state index in [1.54, 1.807) is 6.07 Å². The number of halogens is 1. The number of nitrogens with one attached hydrogen (secondary N) is 1. The van der Waals surface area contributed by atoms with E-state index in [1.165, 1.54) is 19.1 Å². The Balaban J connectivity index is 2.79. The predicted octanol–water partition coefficient (Wildman–Crippen LogP) is 1.58. The number of rotatable bonds is 1. The first-order valence-corrected chi connectivity index (χ1v) is 3.14. The molecular weight excluding hydrogens is 145 g/mol. The molecule has 0 aliphatic rings. The molecule has 1 radical (unpaired) electrons. The summed E-state index contributed by atoms with van der Waals surface area (Å²) in [6.45, 7) is 1.36. The molecule has 57 valence electrons. The molecule has 0 atom stereocenters. The third-order valence-corrected chi connectivity index (χ3v) is 1.07. The van der Waals surface area contributed by atoms with Gasteiger partial charge >= 0.3 is 0 Å². The van der Waals surface area contributed by atoms with E-state index in [2.05, 4.69) is 11.4 Å². The summed E-state index contributed by atoms with van der Waals surface area (Å²) >= 11 is 0. The van der Waals surface area contributed by atoms with Crippen molar-refractivity contribution in [3.05, 3.63) is 30.1 Å². The number of anilines is 1. The van der Waals surface area contributed by atoms with Crippen LogP contribution < -0.4 is 5.32 Å². The standard InChI is InChI=1S/C8H7FNO/c1-6(11)10-8-4-2-3-7(9)5-8/h2-4H,1H3,(H,10,11). The highest BCUT2D eigenvalue weighted by Gasteiger charge is 1.95. The normalized spacial score (nSPS) is 9.27. The van der Waals surface area contributed by atoms with E-state index >= 15 is 0 Å². The van der Waals surface area contributed by atoms with Crippen molar-refractivity contribution >= 4 is 11.6 Å². The number of hydrogen-bond acceptors (Lipinski definition) is 1. The average Bonchev–Trinajstić information content (AvgIpc) is 1.85. The number of carbonyl (C=O) groups is 1. The zero-order valence-electron chi connectivity index (χ0n) is 6.02. The van der Waals surface area contributed by atoms with E-state index < -0.39 is 5.82 Å². The molecule has 2 nitrogen and oxygen atoms in total. The molecule has 0 saturated heterocycles. The first-order valence-electron chi connectivity index (χ1n) is 3.14. The van der Waals surface area contributed by atoms with Gasteiger partial charge in [0, 0.05) is 13.0 Å². The minimum Gasteiger partial charge on any atom is -0.326 e. The highest BCUT2D eigenvalue weighted by molar-refractivity contribution is 5.88. The Morgan fingerprint density at radius 1 is 1.64 bits per heavy atom. The van der Waals surface area contributed by atoms with Crippen molar-refractivity contribution in [1.29, 1.82) is 0 Å². The van der Waals surface area contributed by atoms with Crippen molar-refractivity contribution < 1.29 is 9.18 Å². The maximum Gasteiger partial charge on any atom is 0.221 e. The Hall–Kier alpha value is -1.38. The Morgan fingerprint density at radius 2 is 2.36 bits per heavy atom. The molecule has 1 aromatic rings. The molecule has 0 unspecified atom stereocenters. The average molecular weight is 152 g/mol. The zero-order valence-corrected chi connectivity index (χ0v) is 6.02. The van der Waals surface area contributed by atoms with Crippen LogP contribution in [0.3, 0.4) is 0 Å². The second-order valence-corrected chi connectivity index (χ2v) is 2.09. The molecular formula is C8H7FNO. The van der Waals surface area contributed by atoms with Crippen LogP contribution in [0, 0.1) is 11.9 Å². The molecule has 1 aromatic carbocycles. The Labute approximate surface area is 64.0 Å². The minimum absolute atomic E-state index is 0.230. The molecule has 1 amide bonds. The van der Waals surface area contributed by atoms with Crippen molar-refractivity contribution in [3.63, 3.8) is 0 Å². The highest BCUT2D eigenvalue weighted by Crippen LogP contribution is 2.06. The Bertz CT molecular complexity index is 273. The van der Waals surface area contributed by atoms with Gasteiger partial charge in [0.25, 0.3) is 0 Å². The van der Waals surface area contributed by atoms with Gasteiger partial charge in [-0.05, 0) is 12.1 Å². The van der Waals surface area contributed by atoms with Gasteiger partial charge in [0.05, 0.1) is 5.69 Å². The van der Waals surface area contributed by atoms with E-state index in [0.29, 0.717) is 5.69 Å². The van der Waals surface area contributed by atoms with Gasteiger partial charge in [0.1, 0.15) is 5.82 Å². The van der Waals surface area contributed by atoms with Gasteiger partial charge in [-0.1, -0.05) is 6.07 Å². The van der Waals surface area contributed by atoms with Gasteiger partial charge in [-0.2, -0.15) is 0 Å². The fourth-order valence-electron chi connectivity index (χ4n) is 0.703. The van der Waals surface area contributed by atoms with Gasteiger partial charge in [0.15, 0.2) is 0 Å². The van der Waals surface area contributed by atoms with Crippen LogP contribution in [-0.2, 0) is 4.79 Å². The van der Waals surface area contributed by atoms with E-state index in [0.717, 1.165) is 0 Å². The lowest BCUT2D eigenvalue weighted by Crippen LogP contribution is -2.05. The maximum absolute atomic E-state index is 12.4. The molecule has 0 fully saturated rings. The van der Waals surface area contributed by atoms with Crippen molar-refractivity contribution in [2.75, 3.05) is 5.32 Å². The summed E-state index contributed by atoms with van der Waals surface area (Å²) in [5.41, 5.74) is 0.359. The van der Waals surface area contributed by atoms with Crippen LogP contribution >= 0.6 is 0 Å². The summed E-state index contributed by atoms with van der Waals surface area (Å²) in [6.07, 6.45) is 0. The molecule has 1 N–H and O–H groups in total. The van der Waals surface area contributed by atoms with Crippen molar-refractivity contribution in [1.82, 2.24) is 0 Å². The van der Waals surface area contributed by atoms with Crippen LogP contribution in [0.1, 0.15) is 6.92 Å². The predicted molar refractivity (Wildman–Crippen MR) is 39.5 cm³/mol. The number of hydrogen-bond donors (Lipinski definition) is 1. The van der Waals surface area contributed by atoms with Crippen molar-refractivity contribution in [2.45, 2.75) is 6.92 Å². The van der Waals surface area contributed by atoms with Gasteiger partial charge < -0.3 is 5.32 Å². The first kappa shape index (κ1) is 7.72. The van der Waals surface area contributed by atoms with Crippen LogP contribution in [0.25, 0.3) is 0 Å². The molecule has 0 saturated carbocycles. The van der Waals surface area contributed by atoms with Gasteiger partial charge in [-0.3, -0.25) is 4.79 Å².